The Kier molecular flexibility index (Phi) is 2.06. The van der Waals surface area contributed by atoms with Crippen molar-refractivity contribution in [3.8, 4) is 17.0 Å². The molecule has 2 rings (SSSR count). The summed E-state index contributed by atoms with van der Waals surface area (Å²) in [6, 6.07) is 6.79. The standard InChI is InChI=1S/C9H7BrN2O/c10-6-1-2-9(13)7(5-6)8-3-4-11-12-8/h1-5,13H,(H,11,12)/p-1. The van der Waals surface area contributed by atoms with Crippen molar-refractivity contribution in [3.63, 3.8) is 0 Å². The van der Waals surface area contributed by atoms with E-state index in [0.717, 1.165) is 10.2 Å². The van der Waals surface area contributed by atoms with Crippen LogP contribution in [0.5, 0.6) is 5.75 Å². The zero-order chi connectivity index (χ0) is 9.26. The molecule has 0 aliphatic rings. The topological polar surface area (TPSA) is 51.7 Å². The Morgan fingerprint density at radius 1 is 1.31 bits per heavy atom. The molecule has 0 saturated heterocycles. The van der Waals surface area contributed by atoms with Crippen LogP contribution >= 0.6 is 15.9 Å². The van der Waals surface area contributed by atoms with Crippen LogP contribution in [0.4, 0.5) is 0 Å². The van der Waals surface area contributed by atoms with E-state index in [1.165, 1.54) is 6.07 Å². The van der Waals surface area contributed by atoms with E-state index in [1.807, 2.05) is 0 Å². The number of aromatic nitrogens is 2. The molecule has 1 aromatic heterocycles. The minimum atomic E-state index is -0.00699. The van der Waals surface area contributed by atoms with Crippen molar-refractivity contribution >= 4 is 15.9 Å². The molecular formula is C9H6BrN2O-. The van der Waals surface area contributed by atoms with Crippen LogP contribution in [0.2, 0.25) is 0 Å². The summed E-state index contributed by atoms with van der Waals surface area (Å²) < 4.78 is 0.886. The molecule has 1 aromatic carbocycles. The molecule has 0 bridgehead atoms. The number of benzene rings is 1. The van der Waals surface area contributed by atoms with Crippen LogP contribution in [0.25, 0.3) is 11.3 Å². The lowest BCUT2D eigenvalue weighted by atomic mass is 10.1. The molecule has 2 aromatic rings. The summed E-state index contributed by atoms with van der Waals surface area (Å²) >= 11 is 3.31. The number of nitrogens with one attached hydrogen (secondary N) is 1. The second kappa shape index (κ2) is 3.22. The first-order valence-corrected chi connectivity index (χ1v) is 4.53. The summed E-state index contributed by atoms with van der Waals surface area (Å²) in [5, 5.41) is 17.9. The maximum Gasteiger partial charge on any atom is 0.0644 e. The van der Waals surface area contributed by atoms with Gasteiger partial charge in [-0.25, -0.2) is 0 Å². The van der Waals surface area contributed by atoms with Crippen molar-refractivity contribution in [1.82, 2.24) is 10.2 Å². The van der Waals surface area contributed by atoms with Crippen LogP contribution in [0.3, 0.4) is 0 Å². The maximum absolute atomic E-state index is 11.4. The minimum absolute atomic E-state index is 0.00699. The summed E-state index contributed by atoms with van der Waals surface area (Å²) in [5.41, 5.74) is 1.37. The molecule has 66 valence electrons. The summed E-state index contributed by atoms with van der Waals surface area (Å²) in [6.07, 6.45) is 1.62. The monoisotopic (exact) mass is 237 g/mol. The maximum atomic E-state index is 11.4. The molecule has 0 atom stereocenters. The second-order valence-corrected chi connectivity index (χ2v) is 3.53. The quantitative estimate of drug-likeness (QED) is 0.824. The average molecular weight is 238 g/mol. The van der Waals surface area contributed by atoms with Crippen molar-refractivity contribution in [3.05, 3.63) is 34.9 Å². The number of hydrogen-bond acceptors (Lipinski definition) is 2. The number of rotatable bonds is 1. The molecule has 1 heterocycles. The lowest BCUT2D eigenvalue weighted by Crippen LogP contribution is -1.93. The normalized spacial score (nSPS) is 10.2. The van der Waals surface area contributed by atoms with Gasteiger partial charge < -0.3 is 5.11 Å². The number of halogens is 1. The highest BCUT2D eigenvalue weighted by atomic mass is 79.9. The van der Waals surface area contributed by atoms with Crippen molar-refractivity contribution in [1.29, 1.82) is 0 Å². The highest BCUT2D eigenvalue weighted by Crippen LogP contribution is 2.28. The van der Waals surface area contributed by atoms with Gasteiger partial charge in [-0.1, -0.05) is 27.7 Å². The summed E-state index contributed by atoms with van der Waals surface area (Å²) in [7, 11) is 0. The van der Waals surface area contributed by atoms with Gasteiger partial charge in [0, 0.05) is 10.7 Å². The number of hydrogen-bond donors (Lipinski definition) is 1. The summed E-state index contributed by atoms with van der Waals surface area (Å²) in [5.74, 6) is -0.00699. The summed E-state index contributed by atoms with van der Waals surface area (Å²) in [4.78, 5) is 0. The lowest BCUT2D eigenvalue weighted by Gasteiger charge is -2.11. The Morgan fingerprint density at radius 2 is 2.15 bits per heavy atom. The van der Waals surface area contributed by atoms with Gasteiger partial charge in [-0.2, -0.15) is 5.10 Å². The highest BCUT2D eigenvalue weighted by Gasteiger charge is 1.99. The molecule has 4 heteroatoms. The van der Waals surface area contributed by atoms with E-state index in [1.54, 1.807) is 24.4 Å². The molecule has 13 heavy (non-hydrogen) atoms. The smallest absolute Gasteiger partial charge is 0.0644 e. The fourth-order valence-corrected chi connectivity index (χ4v) is 1.48. The fraction of sp³-hybridized carbons (Fsp3) is 0. The Balaban J connectivity index is 2.57. The largest absolute Gasteiger partial charge is 0.872 e. The van der Waals surface area contributed by atoms with Crippen LogP contribution in [-0.2, 0) is 0 Å². The third-order valence-corrected chi connectivity index (χ3v) is 2.23. The molecule has 0 aliphatic heterocycles. The first kappa shape index (κ1) is 8.31. The first-order valence-electron chi connectivity index (χ1n) is 3.73. The first-order chi connectivity index (χ1) is 6.27. The zero-order valence-corrected chi connectivity index (χ0v) is 8.21. The molecule has 0 unspecified atom stereocenters. The van der Waals surface area contributed by atoms with Gasteiger partial charge in [-0.05, 0) is 23.8 Å². The van der Waals surface area contributed by atoms with Crippen LogP contribution < -0.4 is 5.11 Å². The van der Waals surface area contributed by atoms with Gasteiger partial charge in [0.05, 0.1) is 5.69 Å². The molecule has 0 spiro atoms. The van der Waals surface area contributed by atoms with Gasteiger partial charge >= 0.3 is 0 Å². The predicted molar refractivity (Wildman–Crippen MR) is 51.2 cm³/mol. The van der Waals surface area contributed by atoms with E-state index < -0.39 is 0 Å². The molecule has 3 nitrogen and oxygen atoms in total. The number of H-pyrrole nitrogens is 1. The fourth-order valence-electron chi connectivity index (χ4n) is 1.12. The SMILES string of the molecule is [O-]c1ccc(Br)cc1-c1ccn[nH]1. The van der Waals surface area contributed by atoms with Crippen molar-refractivity contribution in [2.45, 2.75) is 0 Å². The third kappa shape index (κ3) is 1.58. The van der Waals surface area contributed by atoms with Crippen molar-refractivity contribution in [2.24, 2.45) is 0 Å². The van der Waals surface area contributed by atoms with Gasteiger partial charge in [-0.15, -0.1) is 0 Å². The second-order valence-electron chi connectivity index (χ2n) is 2.61. The Bertz CT molecular complexity index is 412. The van der Waals surface area contributed by atoms with Crippen LogP contribution in [0, 0.1) is 0 Å². The molecule has 0 fully saturated rings. The van der Waals surface area contributed by atoms with E-state index in [-0.39, 0.29) is 5.75 Å². The van der Waals surface area contributed by atoms with Crippen molar-refractivity contribution in [2.75, 3.05) is 0 Å². The molecule has 1 N–H and O–H groups in total. The van der Waals surface area contributed by atoms with E-state index >= 15 is 0 Å². The Labute approximate surface area is 83.5 Å². The van der Waals surface area contributed by atoms with E-state index in [4.69, 9.17) is 0 Å². The lowest BCUT2D eigenvalue weighted by molar-refractivity contribution is -0.267. The molecule has 0 amide bonds. The minimum Gasteiger partial charge on any atom is -0.872 e. The highest BCUT2D eigenvalue weighted by molar-refractivity contribution is 9.10. The molecular weight excluding hydrogens is 232 g/mol. The van der Waals surface area contributed by atoms with E-state index in [0.29, 0.717) is 5.56 Å². The van der Waals surface area contributed by atoms with E-state index in [2.05, 4.69) is 26.1 Å². The van der Waals surface area contributed by atoms with Gasteiger partial charge in [0.15, 0.2) is 0 Å². The van der Waals surface area contributed by atoms with Gasteiger partial charge in [0.2, 0.25) is 0 Å². The molecule has 0 radical (unpaired) electrons. The van der Waals surface area contributed by atoms with Gasteiger partial charge in [-0.3, -0.25) is 5.10 Å². The van der Waals surface area contributed by atoms with Crippen LogP contribution in [0.1, 0.15) is 0 Å². The summed E-state index contributed by atoms with van der Waals surface area (Å²) in [6.45, 7) is 0. The van der Waals surface area contributed by atoms with Gasteiger partial charge in [0.25, 0.3) is 0 Å². The van der Waals surface area contributed by atoms with Gasteiger partial charge in [0.1, 0.15) is 0 Å². The molecule has 0 aliphatic carbocycles. The number of aromatic amines is 1. The predicted octanol–water partition coefficient (Wildman–Crippen LogP) is 1.91. The van der Waals surface area contributed by atoms with Crippen LogP contribution in [0.15, 0.2) is 34.9 Å². The Morgan fingerprint density at radius 3 is 2.85 bits per heavy atom. The van der Waals surface area contributed by atoms with Crippen LogP contribution in [-0.4, -0.2) is 10.2 Å². The van der Waals surface area contributed by atoms with E-state index in [9.17, 15) is 5.11 Å². The third-order valence-electron chi connectivity index (χ3n) is 1.73. The zero-order valence-electron chi connectivity index (χ0n) is 6.62. The average Bonchev–Trinajstić information content (AvgIpc) is 2.61. The molecule has 0 saturated carbocycles. The van der Waals surface area contributed by atoms with Crippen molar-refractivity contribution < 1.29 is 5.11 Å². The number of nitrogens with zero attached hydrogens (tertiary/aromatic N) is 1. The Hall–Kier alpha value is -1.29.